The number of aromatic nitrogens is 1. The lowest BCUT2D eigenvalue weighted by atomic mass is 10.1. The Bertz CT molecular complexity index is 904. The molecule has 0 bridgehead atoms. The topological polar surface area (TPSA) is 37.4 Å². The van der Waals surface area contributed by atoms with E-state index in [1.54, 1.807) is 12.1 Å². The van der Waals surface area contributed by atoms with Crippen molar-refractivity contribution >= 4 is 5.69 Å². The van der Waals surface area contributed by atoms with E-state index in [9.17, 15) is 4.39 Å². The van der Waals surface area contributed by atoms with E-state index in [4.69, 9.17) is 9.72 Å². The third-order valence-corrected chi connectivity index (χ3v) is 4.62. The molecule has 3 aromatic rings. The number of halogens is 1. The summed E-state index contributed by atoms with van der Waals surface area (Å²) in [6.07, 6.45) is 0. The fourth-order valence-electron chi connectivity index (χ4n) is 3.24. The number of hydrogen-bond donors (Lipinski definition) is 1. The molecule has 0 radical (unpaired) electrons. The van der Waals surface area contributed by atoms with Gasteiger partial charge in [-0.2, -0.15) is 0 Å². The number of piperazine rings is 1. The third kappa shape index (κ3) is 4.26. The fourth-order valence-corrected chi connectivity index (χ4v) is 3.24. The van der Waals surface area contributed by atoms with E-state index in [2.05, 4.69) is 22.3 Å². The van der Waals surface area contributed by atoms with Gasteiger partial charge in [-0.3, -0.25) is 4.98 Å². The lowest BCUT2D eigenvalue weighted by Gasteiger charge is -2.30. The first kappa shape index (κ1) is 17.5. The number of hydrogen-bond acceptors (Lipinski definition) is 4. The van der Waals surface area contributed by atoms with Crippen molar-refractivity contribution in [3.63, 3.8) is 0 Å². The highest BCUT2D eigenvalue weighted by Crippen LogP contribution is 2.28. The molecule has 5 heteroatoms. The minimum absolute atomic E-state index is 0.275. The quantitative estimate of drug-likeness (QED) is 0.746. The first-order valence-corrected chi connectivity index (χ1v) is 9.16. The zero-order valence-corrected chi connectivity index (χ0v) is 15.3. The number of benzene rings is 2. The summed E-state index contributed by atoms with van der Waals surface area (Å²) in [4.78, 5) is 7.09. The Morgan fingerprint density at radius 2 is 1.56 bits per heavy atom. The average molecular weight is 363 g/mol. The number of aryl methyl sites for hydroxylation is 1. The SMILES string of the molecule is Cc1cc(N2CCNCC2)cc(-c2ccc(Oc3ccc(F)cc3)cc2)n1. The van der Waals surface area contributed by atoms with E-state index in [0.29, 0.717) is 11.5 Å². The van der Waals surface area contributed by atoms with Crippen molar-refractivity contribution in [1.82, 2.24) is 10.3 Å². The molecule has 0 unspecified atom stereocenters. The number of anilines is 1. The van der Waals surface area contributed by atoms with Gasteiger partial charge in [0, 0.05) is 43.1 Å². The van der Waals surface area contributed by atoms with Gasteiger partial charge in [0.05, 0.1) is 5.69 Å². The van der Waals surface area contributed by atoms with Crippen LogP contribution in [0.5, 0.6) is 11.5 Å². The summed E-state index contributed by atoms with van der Waals surface area (Å²) < 4.78 is 18.8. The Morgan fingerprint density at radius 3 is 2.22 bits per heavy atom. The minimum atomic E-state index is -0.275. The van der Waals surface area contributed by atoms with Crippen LogP contribution in [0.15, 0.2) is 60.7 Å². The zero-order chi connectivity index (χ0) is 18.6. The molecule has 0 saturated carbocycles. The second kappa shape index (κ2) is 7.76. The van der Waals surface area contributed by atoms with Crippen molar-refractivity contribution in [2.24, 2.45) is 0 Å². The van der Waals surface area contributed by atoms with Crippen LogP contribution >= 0.6 is 0 Å². The standard InChI is InChI=1S/C22H22FN3O/c1-16-14-19(26-12-10-24-11-13-26)15-22(25-16)17-2-6-20(7-3-17)27-21-8-4-18(23)5-9-21/h2-9,14-15,24H,10-13H2,1H3. The molecule has 2 heterocycles. The van der Waals surface area contributed by atoms with Gasteiger partial charge >= 0.3 is 0 Å². The Kier molecular flexibility index (Phi) is 5.03. The fraction of sp³-hybridized carbons (Fsp3) is 0.227. The highest BCUT2D eigenvalue weighted by molar-refractivity contribution is 5.66. The maximum absolute atomic E-state index is 13.0. The molecule has 0 atom stereocenters. The van der Waals surface area contributed by atoms with Crippen LogP contribution in [-0.4, -0.2) is 31.2 Å². The van der Waals surface area contributed by atoms with Gasteiger partial charge in [-0.25, -0.2) is 4.39 Å². The highest BCUT2D eigenvalue weighted by atomic mass is 19.1. The summed E-state index contributed by atoms with van der Waals surface area (Å²) in [5.74, 6) is 1.04. The lowest BCUT2D eigenvalue weighted by Crippen LogP contribution is -2.43. The maximum Gasteiger partial charge on any atom is 0.127 e. The number of ether oxygens (including phenoxy) is 1. The van der Waals surface area contributed by atoms with Crippen molar-refractivity contribution in [3.05, 3.63) is 72.2 Å². The van der Waals surface area contributed by atoms with Gasteiger partial charge in [0.2, 0.25) is 0 Å². The van der Waals surface area contributed by atoms with Crippen LogP contribution in [0.2, 0.25) is 0 Å². The maximum atomic E-state index is 13.0. The van der Waals surface area contributed by atoms with Crippen LogP contribution in [0.3, 0.4) is 0 Å². The van der Waals surface area contributed by atoms with Crippen molar-refractivity contribution in [2.45, 2.75) is 6.92 Å². The first-order valence-electron chi connectivity index (χ1n) is 9.16. The van der Waals surface area contributed by atoms with Gasteiger partial charge in [-0.15, -0.1) is 0 Å². The van der Waals surface area contributed by atoms with Crippen LogP contribution in [0, 0.1) is 12.7 Å². The first-order chi connectivity index (χ1) is 13.2. The molecule has 1 aliphatic rings. The highest BCUT2D eigenvalue weighted by Gasteiger charge is 2.13. The summed E-state index contributed by atoms with van der Waals surface area (Å²) in [6, 6.07) is 18.1. The smallest absolute Gasteiger partial charge is 0.127 e. The van der Waals surface area contributed by atoms with Crippen molar-refractivity contribution in [3.8, 4) is 22.8 Å². The van der Waals surface area contributed by atoms with Crippen LogP contribution < -0.4 is 15.0 Å². The van der Waals surface area contributed by atoms with Gasteiger partial charge < -0.3 is 15.0 Å². The number of nitrogens with zero attached hydrogens (tertiary/aromatic N) is 2. The molecular weight excluding hydrogens is 341 g/mol. The molecule has 0 aliphatic carbocycles. The molecule has 4 rings (SSSR count). The van der Waals surface area contributed by atoms with E-state index < -0.39 is 0 Å². The molecule has 0 amide bonds. The van der Waals surface area contributed by atoms with E-state index in [1.807, 2.05) is 31.2 Å². The third-order valence-electron chi connectivity index (χ3n) is 4.62. The van der Waals surface area contributed by atoms with E-state index in [1.165, 1.54) is 17.8 Å². The predicted octanol–water partition coefficient (Wildman–Crippen LogP) is 4.40. The summed E-state index contributed by atoms with van der Waals surface area (Å²) >= 11 is 0. The minimum Gasteiger partial charge on any atom is -0.457 e. The molecule has 1 aliphatic heterocycles. The Hall–Kier alpha value is -2.92. The number of nitrogens with one attached hydrogen (secondary N) is 1. The summed E-state index contributed by atoms with van der Waals surface area (Å²) in [5, 5.41) is 3.38. The van der Waals surface area contributed by atoms with Gasteiger partial charge in [-0.05, 0) is 67.6 Å². The Labute approximate surface area is 158 Å². The second-order valence-electron chi connectivity index (χ2n) is 6.67. The molecule has 1 saturated heterocycles. The van der Waals surface area contributed by atoms with Gasteiger partial charge in [-0.1, -0.05) is 0 Å². The van der Waals surface area contributed by atoms with Crippen LogP contribution in [0.4, 0.5) is 10.1 Å². The largest absolute Gasteiger partial charge is 0.457 e. The van der Waals surface area contributed by atoms with E-state index in [0.717, 1.165) is 43.1 Å². The molecular formula is C22H22FN3O. The van der Waals surface area contributed by atoms with Crippen molar-refractivity contribution in [2.75, 3.05) is 31.1 Å². The Balaban J connectivity index is 1.54. The summed E-state index contributed by atoms with van der Waals surface area (Å²) in [7, 11) is 0. The molecule has 4 nitrogen and oxygen atoms in total. The summed E-state index contributed by atoms with van der Waals surface area (Å²) in [6.45, 7) is 6.06. The normalized spacial score (nSPS) is 14.2. The average Bonchev–Trinajstić information content (AvgIpc) is 2.70. The molecule has 1 fully saturated rings. The summed E-state index contributed by atoms with van der Waals surface area (Å²) in [5.41, 5.74) is 4.22. The van der Waals surface area contributed by atoms with E-state index >= 15 is 0 Å². The number of rotatable bonds is 4. The van der Waals surface area contributed by atoms with Gasteiger partial charge in [0.15, 0.2) is 0 Å². The number of pyridine rings is 1. The van der Waals surface area contributed by atoms with E-state index in [-0.39, 0.29) is 5.82 Å². The molecule has 27 heavy (non-hydrogen) atoms. The van der Waals surface area contributed by atoms with Crippen LogP contribution in [0.25, 0.3) is 11.3 Å². The Morgan fingerprint density at radius 1 is 0.926 bits per heavy atom. The second-order valence-corrected chi connectivity index (χ2v) is 6.67. The lowest BCUT2D eigenvalue weighted by molar-refractivity contribution is 0.480. The van der Waals surface area contributed by atoms with Gasteiger partial charge in [0.25, 0.3) is 0 Å². The van der Waals surface area contributed by atoms with Crippen LogP contribution in [0.1, 0.15) is 5.69 Å². The molecule has 1 N–H and O–H groups in total. The molecule has 1 aromatic heterocycles. The van der Waals surface area contributed by atoms with Crippen molar-refractivity contribution < 1.29 is 9.13 Å². The van der Waals surface area contributed by atoms with Gasteiger partial charge in [0.1, 0.15) is 17.3 Å². The molecule has 2 aromatic carbocycles. The zero-order valence-electron chi connectivity index (χ0n) is 15.3. The monoisotopic (exact) mass is 363 g/mol. The molecule has 0 spiro atoms. The van der Waals surface area contributed by atoms with Crippen LogP contribution in [-0.2, 0) is 0 Å². The molecule has 138 valence electrons. The van der Waals surface area contributed by atoms with Crippen molar-refractivity contribution in [1.29, 1.82) is 0 Å². The predicted molar refractivity (Wildman–Crippen MR) is 106 cm³/mol.